The monoisotopic (exact) mass is 381 g/mol. The third kappa shape index (κ3) is 3.09. The van der Waals surface area contributed by atoms with Crippen molar-refractivity contribution in [2.45, 2.75) is 36.8 Å². The fourth-order valence-corrected chi connectivity index (χ4v) is 4.64. The van der Waals surface area contributed by atoms with E-state index in [2.05, 4.69) is 64.6 Å². The van der Waals surface area contributed by atoms with Crippen LogP contribution in [0.4, 0.5) is 10.5 Å². The highest BCUT2D eigenvalue weighted by Crippen LogP contribution is 2.46. The van der Waals surface area contributed by atoms with Crippen LogP contribution in [0.25, 0.3) is 0 Å². The van der Waals surface area contributed by atoms with Gasteiger partial charge in [-0.2, -0.15) is 0 Å². The normalized spacial score (nSPS) is 27.3. The number of hydrogen-bond acceptors (Lipinski definition) is 5. The number of aromatic nitrogens is 2. The van der Waals surface area contributed by atoms with Crippen molar-refractivity contribution in [2.24, 2.45) is 0 Å². The molecule has 2 aliphatic rings. The summed E-state index contributed by atoms with van der Waals surface area (Å²) < 4.78 is 5.01. The predicted octanol–water partition coefficient (Wildman–Crippen LogP) is 2.78. The number of nitrogens with zero attached hydrogens (tertiary/aromatic N) is 4. The molecule has 148 valence electrons. The van der Waals surface area contributed by atoms with E-state index < -0.39 is 0 Å². The van der Waals surface area contributed by atoms with Crippen LogP contribution in [-0.2, 0) is 5.54 Å². The van der Waals surface area contributed by atoms with Crippen LogP contribution in [0.15, 0.2) is 42.7 Å². The minimum absolute atomic E-state index is 0.00782. The maximum Gasteiger partial charge on any atom is 0.322 e. The highest BCUT2D eigenvalue weighted by molar-refractivity contribution is 5.95. The fourth-order valence-electron chi connectivity index (χ4n) is 4.64. The molecule has 0 radical (unpaired) electrons. The number of carbonyl (C=O) groups excluding carboxylic acids is 1. The number of anilines is 1. The Labute approximate surface area is 165 Å². The third-order valence-electron chi connectivity index (χ3n) is 6.39. The molecular weight excluding hydrogens is 354 g/mol. The number of methoxy groups -OCH3 is 1. The molecule has 7 heteroatoms. The minimum atomic E-state index is -0.203. The second-order valence-corrected chi connectivity index (χ2v) is 8.02. The summed E-state index contributed by atoms with van der Waals surface area (Å²) in [7, 11) is 5.83. The topological polar surface area (TPSA) is 70.6 Å². The lowest BCUT2D eigenvalue weighted by Gasteiger charge is -2.48. The Morgan fingerprint density at radius 3 is 2.29 bits per heavy atom. The lowest BCUT2D eigenvalue weighted by molar-refractivity contribution is 0.0658. The van der Waals surface area contributed by atoms with Crippen molar-refractivity contribution in [2.75, 3.05) is 32.6 Å². The minimum Gasteiger partial charge on any atom is -0.467 e. The average Bonchev–Trinajstić information content (AvgIpc) is 3.05. The molecular formula is C21H27N5O2. The summed E-state index contributed by atoms with van der Waals surface area (Å²) in [5, 5.41) is 3.26. The molecule has 0 atom stereocenters. The zero-order chi connectivity index (χ0) is 19.8. The molecule has 0 bridgehead atoms. The molecule has 1 aromatic carbocycles. The van der Waals surface area contributed by atoms with Crippen molar-refractivity contribution in [3.63, 3.8) is 0 Å². The number of urea groups is 1. The summed E-state index contributed by atoms with van der Waals surface area (Å²) >= 11 is 0. The molecule has 1 aromatic heterocycles. The third-order valence-corrected chi connectivity index (χ3v) is 6.39. The van der Waals surface area contributed by atoms with Crippen LogP contribution in [0.5, 0.6) is 6.01 Å². The van der Waals surface area contributed by atoms with E-state index >= 15 is 0 Å². The first-order chi connectivity index (χ1) is 13.5. The molecule has 1 aliphatic heterocycles. The molecule has 4 rings (SSSR count). The molecule has 1 saturated carbocycles. The Kier molecular flexibility index (Phi) is 4.71. The number of amides is 2. The van der Waals surface area contributed by atoms with E-state index in [0.29, 0.717) is 18.2 Å². The maximum atomic E-state index is 12.7. The highest BCUT2D eigenvalue weighted by atomic mass is 16.5. The smallest absolute Gasteiger partial charge is 0.322 e. The van der Waals surface area contributed by atoms with E-state index in [4.69, 9.17) is 4.74 Å². The van der Waals surface area contributed by atoms with Gasteiger partial charge in [-0.15, -0.1) is 0 Å². The van der Waals surface area contributed by atoms with Crippen molar-refractivity contribution in [1.82, 2.24) is 20.2 Å². The summed E-state index contributed by atoms with van der Waals surface area (Å²) in [5.74, 6) is 0. The molecule has 28 heavy (non-hydrogen) atoms. The standard InChI is InChI=1S/C21H27N5O2/c1-25(2)21(16-7-5-4-6-8-16)11-9-20(10-12-21)15-26(19(27)24-20)17-13-22-18(28-3)23-14-17/h4-8,13-14H,9-12,15H2,1-3H3,(H,24,27). The zero-order valence-corrected chi connectivity index (χ0v) is 16.7. The zero-order valence-electron chi connectivity index (χ0n) is 16.7. The lowest BCUT2D eigenvalue weighted by atomic mass is 9.69. The van der Waals surface area contributed by atoms with Crippen LogP contribution >= 0.6 is 0 Å². The summed E-state index contributed by atoms with van der Waals surface area (Å²) in [5.41, 5.74) is 1.85. The number of carbonyl (C=O) groups is 1. The summed E-state index contributed by atoms with van der Waals surface area (Å²) in [6.45, 7) is 0.639. The van der Waals surface area contributed by atoms with Crippen LogP contribution in [-0.4, -0.2) is 54.2 Å². The predicted molar refractivity (Wildman–Crippen MR) is 107 cm³/mol. The van der Waals surface area contributed by atoms with Crippen molar-refractivity contribution in [1.29, 1.82) is 0 Å². The Morgan fingerprint density at radius 2 is 1.71 bits per heavy atom. The van der Waals surface area contributed by atoms with Gasteiger partial charge in [0.15, 0.2) is 0 Å². The molecule has 1 spiro atoms. The molecule has 1 saturated heterocycles. The highest BCUT2D eigenvalue weighted by Gasteiger charge is 2.50. The van der Waals surface area contributed by atoms with Gasteiger partial charge in [-0.3, -0.25) is 9.80 Å². The van der Waals surface area contributed by atoms with Crippen LogP contribution < -0.4 is 15.0 Å². The first-order valence-corrected chi connectivity index (χ1v) is 9.67. The molecule has 2 amide bonds. The van der Waals surface area contributed by atoms with Crippen LogP contribution in [0.3, 0.4) is 0 Å². The molecule has 2 fully saturated rings. The van der Waals surface area contributed by atoms with Crippen molar-refractivity contribution in [3.8, 4) is 6.01 Å². The molecule has 1 N–H and O–H groups in total. The second-order valence-electron chi connectivity index (χ2n) is 8.02. The average molecular weight is 381 g/mol. The molecule has 0 unspecified atom stereocenters. The van der Waals surface area contributed by atoms with Gasteiger partial charge >= 0.3 is 12.0 Å². The second kappa shape index (κ2) is 7.05. The Morgan fingerprint density at radius 1 is 1.07 bits per heavy atom. The lowest BCUT2D eigenvalue weighted by Crippen LogP contribution is -2.54. The SMILES string of the molecule is COc1ncc(N2CC3(CCC(c4ccccc4)(N(C)C)CC3)NC2=O)cn1. The van der Waals surface area contributed by atoms with Gasteiger partial charge in [0.1, 0.15) is 0 Å². The van der Waals surface area contributed by atoms with Gasteiger partial charge in [-0.1, -0.05) is 30.3 Å². The molecule has 2 aromatic rings. The van der Waals surface area contributed by atoms with Gasteiger partial charge < -0.3 is 10.1 Å². The van der Waals surface area contributed by atoms with E-state index in [-0.39, 0.29) is 17.1 Å². The van der Waals surface area contributed by atoms with Gasteiger partial charge in [-0.25, -0.2) is 14.8 Å². The van der Waals surface area contributed by atoms with E-state index in [1.54, 1.807) is 17.3 Å². The Hall–Kier alpha value is -2.67. The van der Waals surface area contributed by atoms with Gasteiger partial charge in [0.05, 0.1) is 37.3 Å². The van der Waals surface area contributed by atoms with E-state index in [1.165, 1.54) is 12.7 Å². The summed E-state index contributed by atoms with van der Waals surface area (Å²) in [4.78, 5) is 25.0. The van der Waals surface area contributed by atoms with E-state index in [0.717, 1.165) is 25.7 Å². The van der Waals surface area contributed by atoms with Crippen molar-refractivity contribution in [3.05, 3.63) is 48.3 Å². The fraction of sp³-hybridized carbons (Fsp3) is 0.476. The Bertz CT molecular complexity index is 830. The quantitative estimate of drug-likeness (QED) is 0.882. The summed E-state index contributed by atoms with van der Waals surface area (Å²) in [6.07, 6.45) is 7.13. The number of ether oxygens (including phenoxy) is 1. The van der Waals surface area contributed by atoms with Crippen LogP contribution in [0.1, 0.15) is 31.2 Å². The number of benzene rings is 1. The number of nitrogens with one attached hydrogen (secondary N) is 1. The summed E-state index contributed by atoms with van der Waals surface area (Å²) in [6, 6.07) is 10.9. The Balaban J connectivity index is 1.53. The van der Waals surface area contributed by atoms with Crippen LogP contribution in [0, 0.1) is 0 Å². The van der Waals surface area contributed by atoms with E-state index in [1.807, 2.05) is 0 Å². The number of rotatable bonds is 4. The molecule has 7 nitrogen and oxygen atoms in total. The van der Waals surface area contributed by atoms with Gasteiger partial charge in [0, 0.05) is 5.54 Å². The van der Waals surface area contributed by atoms with Gasteiger partial charge in [-0.05, 0) is 45.3 Å². The van der Waals surface area contributed by atoms with Gasteiger partial charge in [0.25, 0.3) is 0 Å². The van der Waals surface area contributed by atoms with E-state index in [9.17, 15) is 4.79 Å². The largest absolute Gasteiger partial charge is 0.467 e. The first kappa shape index (κ1) is 18.7. The first-order valence-electron chi connectivity index (χ1n) is 9.67. The molecule has 1 aliphatic carbocycles. The number of hydrogen-bond donors (Lipinski definition) is 1. The molecule has 2 heterocycles. The van der Waals surface area contributed by atoms with Gasteiger partial charge in [0.2, 0.25) is 0 Å². The maximum absolute atomic E-state index is 12.7. The van der Waals surface area contributed by atoms with Crippen molar-refractivity contribution < 1.29 is 9.53 Å². The van der Waals surface area contributed by atoms with Crippen LogP contribution in [0.2, 0.25) is 0 Å². The van der Waals surface area contributed by atoms with Crippen molar-refractivity contribution >= 4 is 11.7 Å².